The summed E-state index contributed by atoms with van der Waals surface area (Å²) in [5, 5.41) is 7.94. The molecule has 2 unspecified atom stereocenters. The average molecular weight is 254 g/mol. The maximum atomic E-state index is 5.45. The van der Waals surface area contributed by atoms with E-state index in [4.69, 9.17) is 12.2 Å². The van der Waals surface area contributed by atoms with Gasteiger partial charge in [-0.05, 0) is 43.8 Å². The lowest BCUT2D eigenvalue weighted by atomic mass is 9.97. The van der Waals surface area contributed by atoms with Crippen molar-refractivity contribution in [2.24, 2.45) is 5.92 Å². The van der Waals surface area contributed by atoms with Crippen molar-refractivity contribution in [1.82, 2.24) is 10.6 Å². The van der Waals surface area contributed by atoms with Crippen LogP contribution >= 0.6 is 12.2 Å². The van der Waals surface area contributed by atoms with Crippen molar-refractivity contribution in [1.29, 1.82) is 0 Å². The van der Waals surface area contributed by atoms with E-state index >= 15 is 0 Å². The van der Waals surface area contributed by atoms with Gasteiger partial charge in [0.1, 0.15) is 0 Å². The normalized spacial score (nSPS) is 30.9. The molecule has 0 bridgehead atoms. The standard InChI is InChI=1S/C14H26N2S/c1-11-7-3-2-4-10-13(11)16-14(17)15-12-8-5-6-9-12/h11-13H,2-10H2,1H3,(H2,15,16,17). The van der Waals surface area contributed by atoms with Gasteiger partial charge in [-0.1, -0.05) is 39.0 Å². The molecule has 0 saturated heterocycles. The molecule has 0 aromatic heterocycles. The number of thiocarbonyl (C=S) groups is 1. The summed E-state index contributed by atoms with van der Waals surface area (Å²) in [6, 6.07) is 1.23. The molecule has 0 aromatic rings. The fraction of sp³-hybridized carbons (Fsp3) is 0.929. The first-order valence-electron chi connectivity index (χ1n) is 7.33. The van der Waals surface area contributed by atoms with Gasteiger partial charge >= 0.3 is 0 Å². The number of nitrogens with one attached hydrogen (secondary N) is 2. The Morgan fingerprint density at radius 3 is 2.29 bits per heavy atom. The zero-order valence-electron chi connectivity index (χ0n) is 11.0. The smallest absolute Gasteiger partial charge is 0.166 e. The molecule has 0 aromatic carbocycles. The van der Waals surface area contributed by atoms with Gasteiger partial charge in [0, 0.05) is 12.1 Å². The molecule has 98 valence electrons. The molecule has 0 heterocycles. The molecular weight excluding hydrogens is 228 g/mol. The van der Waals surface area contributed by atoms with Gasteiger partial charge in [0.2, 0.25) is 0 Å². The van der Waals surface area contributed by atoms with Crippen LogP contribution in [0.5, 0.6) is 0 Å². The van der Waals surface area contributed by atoms with E-state index < -0.39 is 0 Å². The summed E-state index contributed by atoms with van der Waals surface area (Å²) in [5.74, 6) is 0.765. The molecule has 0 aliphatic heterocycles. The Morgan fingerprint density at radius 2 is 1.53 bits per heavy atom. The molecule has 2 saturated carbocycles. The minimum atomic E-state index is 0.596. The fourth-order valence-corrected chi connectivity index (χ4v) is 3.49. The van der Waals surface area contributed by atoms with Gasteiger partial charge in [0.25, 0.3) is 0 Å². The maximum Gasteiger partial charge on any atom is 0.166 e. The molecule has 17 heavy (non-hydrogen) atoms. The van der Waals surface area contributed by atoms with E-state index in [1.807, 2.05) is 0 Å². The van der Waals surface area contributed by atoms with Gasteiger partial charge in [0.15, 0.2) is 5.11 Å². The van der Waals surface area contributed by atoms with Gasteiger partial charge < -0.3 is 10.6 Å². The summed E-state index contributed by atoms with van der Waals surface area (Å²) < 4.78 is 0. The van der Waals surface area contributed by atoms with Crippen LogP contribution in [0, 0.1) is 5.92 Å². The highest BCUT2D eigenvalue weighted by Gasteiger charge is 2.22. The first-order valence-corrected chi connectivity index (χ1v) is 7.73. The minimum Gasteiger partial charge on any atom is -0.360 e. The Balaban J connectivity index is 1.75. The molecular formula is C14H26N2S. The monoisotopic (exact) mass is 254 g/mol. The van der Waals surface area contributed by atoms with Crippen LogP contribution < -0.4 is 10.6 Å². The van der Waals surface area contributed by atoms with Crippen molar-refractivity contribution in [3.63, 3.8) is 0 Å². The third kappa shape index (κ3) is 4.13. The zero-order chi connectivity index (χ0) is 12.1. The second kappa shape index (κ2) is 6.58. The molecule has 2 aliphatic rings. The van der Waals surface area contributed by atoms with Crippen molar-refractivity contribution in [3.05, 3.63) is 0 Å². The highest BCUT2D eigenvalue weighted by molar-refractivity contribution is 7.80. The van der Waals surface area contributed by atoms with Gasteiger partial charge in [-0.3, -0.25) is 0 Å². The predicted octanol–water partition coefficient (Wildman–Crippen LogP) is 3.36. The summed E-state index contributed by atoms with van der Waals surface area (Å²) in [4.78, 5) is 0. The van der Waals surface area contributed by atoms with Gasteiger partial charge in [-0.25, -0.2) is 0 Å². The number of hydrogen-bond donors (Lipinski definition) is 2. The van der Waals surface area contributed by atoms with E-state index in [9.17, 15) is 0 Å². The van der Waals surface area contributed by atoms with Crippen molar-refractivity contribution in [2.75, 3.05) is 0 Å². The van der Waals surface area contributed by atoms with Crippen LogP contribution in [0.1, 0.15) is 64.7 Å². The Morgan fingerprint density at radius 1 is 0.882 bits per heavy atom. The second-order valence-corrected chi connectivity index (χ2v) is 6.23. The van der Waals surface area contributed by atoms with E-state index in [1.54, 1.807) is 0 Å². The van der Waals surface area contributed by atoms with E-state index in [1.165, 1.54) is 57.8 Å². The molecule has 0 amide bonds. The molecule has 3 heteroatoms. The minimum absolute atomic E-state index is 0.596. The van der Waals surface area contributed by atoms with Crippen LogP contribution in [0.15, 0.2) is 0 Å². The van der Waals surface area contributed by atoms with E-state index in [2.05, 4.69) is 17.6 Å². The lowest BCUT2D eigenvalue weighted by molar-refractivity contribution is 0.397. The molecule has 2 N–H and O–H groups in total. The van der Waals surface area contributed by atoms with Gasteiger partial charge in [-0.2, -0.15) is 0 Å². The van der Waals surface area contributed by atoms with Crippen LogP contribution in [-0.2, 0) is 0 Å². The summed E-state index contributed by atoms with van der Waals surface area (Å²) in [6.07, 6.45) is 12.1. The highest BCUT2D eigenvalue weighted by Crippen LogP contribution is 2.23. The van der Waals surface area contributed by atoms with Crippen molar-refractivity contribution >= 4 is 17.3 Å². The second-order valence-electron chi connectivity index (χ2n) is 5.82. The third-order valence-corrected chi connectivity index (χ3v) is 4.60. The quantitative estimate of drug-likeness (QED) is 0.583. The summed E-state index contributed by atoms with van der Waals surface area (Å²) in [6.45, 7) is 2.36. The Bertz CT molecular complexity index is 249. The average Bonchev–Trinajstić information content (AvgIpc) is 2.71. The van der Waals surface area contributed by atoms with Crippen molar-refractivity contribution in [2.45, 2.75) is 76.8 Å². The topological polar surface area (TPSA) is 24.1 Å². The molecule has 2 fully saturated rings. The lowest BCUT2D eigenvalue weighted by Gasteiger charge is -2.26. The summed E-state index contributed by atoms with van der Waals surface area (Å²) in [7, 11) is 0. The maximum absolute atomic E-state index is 5.45. The van der Waals surface area contributed by atoms with Crippen LogP contribution in [0.2, 0.25) is 0 Å². The molecule has 0 radical (unpaired) electrons. The third-order valence-electron chi connectivity index (χ3n) is 4.37. The first-order chi connectivity index (χ1) is 8.25. The molecule has 2 aliphatic carbocycles. The van der Waals surface area contributed by atoms with Crippen LogP contribution in [0.25, 0.3) is 0 Å². The van der Waals surface area contributed by atoms with E-state index in [0.29, 0.717) is 12.1 Å². The van der Waals surface area contributed by atoms with Gasteiger partial charge in [0.05, 0.1) is 0 Å². The molecule has 2 atom stereocenters. The van der Waals surface area contributed by atoms with Crippen molar-refractivity contribution in [3.8, 4) is 0 Å². The van der Waals surface area contributed by atoms with E-state index in [-0.39, 0.29) is 0 Å². The first kappa shape index (κ1) is 13.1. The summed E-state index contributed by atoms with van der Waals surface area (Å²) >= 11 is 5.45. The SMILES string of the molecule is CC1CCCCCC1NC(=S)NC1CCCC1. The fourth-order valence-electron chi connectivity index (χ4n) is 3.17. The Hall–Kier alpha value is -0.310. The predicted molar refractivity (Wildman–Crippen MR) is 77.2 cm³/mol. The Kier molecular flexibility index (Phi) is 5.08. The highest BCUT2D eigenvalue weighted by atomic mass is 32.1. The van der Waals surface area contributed by atoms with Crippen LogP contribution in [0.3, 0.4) is 0 Å². The van der Waals surface area contributed by atoms with Crippen LogP contribution in [0.4, 0.5) is 0 Å². The largest absolute Gasteiger partial charge is 0.360 e. The number of rotatable bonds is 2. The van der Waals surface area contributed by atoms with E-state index in [0.717, 1.165) is 11.0 Å². The van der Waals surface area contributed by atoms with Crippen molar-refractivity contribution < 1.29 is 0 Å². The Labute approximate surface area is 111 Å². The zero-order valence-corrected chi connectivity index (χ0v) is 11.8. The lowest BCUT2D eigenvalue weighted by Crippen LogP contribution is -2.47. The molecule has 0 spiro atoms. The van der Waals surface area contributed by atoms with Gasteiger partial charge in [-0.15, -0.1) is 0 Å². The number of hydrogen-bond acceptors (Lipinski definition) is 1. The summed E-state index contributed by atoms with van der Waals surface area (Å²) in [5.41, 5.74) is 0. The van der Waals surface area contributed by atoms with Crippen LogP contribution in [-0.4, -0.2) is 17.2 Å². The molecule has 2 rings (SSSR count). The molecule has 2 nitrogen and oxygen atoms in total.